The first kappa shape index (κ1) is 20.7. The number of ether oxygens (including phenoxy) is 2. The highest BCUT2D eigenvalue weighted by Gasteiger charge is 2.18. The Balaban J connectivity index is 2.09. The highest BCUT2D eigenvalue weighted by molar-refractivity contribution is 6.05. The summed E-state index contributed by atoms with van der Waals surface area (Å²) in [6.07, 6.45) is -0.594. The molecule has 0 unspecified atom stereocenters. The molecule has 0 aliphatic carbocycles. The van der Waals surface area contributed by atoms with E-state index in [1.165, 1.54) is 19.2 Å². The lowest BCUT2D eigenvalue weighted by Gasteiger charge is -2.11. The predicted molar refractivity (Wildman–Crippen MR) is 104 cm³/mol. The highest BCUT2D eigenvalue weighted by atomic mass is 16.6. The molecule has 2 N–H and O–H groups in total. The fourth-order valence-corrected chi connectivity index (χ4v) is 2.25. The molecule has 0 radical (unpaired) electrons. The zero-order valence-electron chi connectivity index (χ0n) is 15.7. The normalized spacial score (nSPS) is 10.3. The van der Waals surface area contributed by atoms with E-state index in [9.17, 15) is 19.7 Å². The summed E-state index contributed by atoms with van der Waals surface area (Å²) in [5.41, 5.74) is 0.637. The first-order chi connectivity index (χ1) is 13.3. The number of carbonyl (C=O) groups is 2. The van der Waals surface area contributed by atoms with Crippen LogP contribution in [0.1, 0.15) is 24.2 Å². The maximum absolute atomic E-state index is 12.4. The average Bonchev–Trinajstić information content (AvgIpc) is 2.66. The fourth-order valence-electron chi connectivity index (χ4n) is 2.25. The van der Waals surface area contributed by atoms with Crippen LogP contribution in [-0.4, -0.2) is 30.6 Å². The van der Waals surface area contributed by atoms with Gasteiger partial charge in [-0.2, -0.15) is 0 Å². The van der Waals surface area contributed by atoms with Gasteiger partial charge in [-0.05, 0) is 36.2 Å². The van der Waals surface area contributed by atoms with Crippen molar-refractivity contribution in [3.05, 3.63) is 58.1 Å². The van der Waals surface area contributed by atoms with Crippen molar-refractivity contribution in [2.45, 2.75) is 13.8 Å². The average molecular weight is 387 g/mol. The monoisotopic (exact) mass is 387 g/mol. The molecule has 9 nitrogen and oxygen atoms in total. The van der Waals surface area contributed by atoms with Crippen molar-refractivity contribution in [3.63, 3.8) is 0 Å². The molecule has 0 fully saturated rings. The van der Waals surface area contributed by atoms with Gasteiger partial charge in [0.2, 0.25) is 0 Å². The van der Waals surface area contributed by atoms with E-state index in [4.69, 9.17) is 9.47 Å². The third-order valence-corrected chi connectivity index (χ3v) is 3.55. The number of amides is 2. The van der Waals surface area contributed by atoms with Gasteiger partial charge in [0.1, 0.15) is 0 Å². The van der Waals surface area contributed by atoms with Crippen LogP contribution in [0, 0.1) is 16.0 Å². The summed E-state index contributed by atoms with van der Waals surface area (Å²) in [5.74, 6) is -0.261. The molecular formula is C19H21N3O6. The molecule has 148 valence electrons. The van der Waals surface area contributed by atoms with Gasteiger partial charge in [0.15, 0.2) is 5.75 Å². The molecule has 9 heteroatoms. The second kappa shape index (κ2) is 9.36. The van der Waals surface area contributed by atoms with Crippen molar-refractivity contribution in [1.82, 2.24) is 0 Å². The Morgan fingerprint density at radius 1 is 1.11 bits per heavy atom. The summed E-state index contributed by atoms with van der Waals surface area (Å²) < 4.78 is 9.96. The van der Waals surface area contributed by atoms with Crippen LogP contribution < -0.4 is 15.4 Å². The van der Waals surface area contributed by atoms with Crippen LogP contribution >= 0.6 is 0 Å². The van der Waals surface area contributed by atoms with E-state index in [-0.39, 0.29) is 22.9 Å². The Labute approximate surface area is 161 Å². The molecule has 0 saturated carbocycles. The molecule has 28 heavy (non-hydrogen) atoms. The van der Waals surface area contributed by atoms with E-state index < -0.39 is 16.9 Å². The van der Waals surface area contributed by atoms with Gasteiger partial charge in [0.05, 0.1) is 18.6 Å². The second-order valence-corrected chi connectivity index (χ2v) is 6.30. The zero-order chi connectivity index (χ0) is 20.7. The highest BCUT2D eigenvalue weighted by Crippen LogP contribution is 2.28. The first-order valence-electron chi connectivity index (χ1n) is 8.47. The Morgan fingerprint density at radius 2 is 1.79 bits per heavy atom. The summed E-state index contributed by atoms with van der Waals surface area (Å²) in [6.45, 7) is 4.14. The lowest BCUT2D eigenvalue weighted by atomic mass is 10.1. The number of nitro benzene ring substituents is 1. The number of anilines is 2. The second-order valence-electron chi connectivity index (χ2n) is 6.30. The Morgan fingerprint density at radius 3 is 2.39 bits per heavy atom. The molecule has 2 amide bonds. The number of hydrogen-bond donors (Lipinski definition) is 2. The molecule has 0 bridgehead atoms. The number of nitrogens with zero attached hydrogens (tertiary/aromatic N) is 1. The molecule has 0 aromatic heterocycles. The Hall–Kier alpha value is -3.62. The summed E-state index contributed by atoms with van der Waals surface area (Å²) in [5, 5.41) is 16.3. The standard InChI is InChI=1S/C19H21N3O6/c1-12(2)11-28-19(24)21-15-6-4-5-14(10-15)20-18(23)13-7-8-17(27-3)16(9-13)22(25)26/h4-10,12H,11H2,1-3H3,(H,20,23)(H,21,24). The third-order valence-electron chi connectivity index (χ3n) is 3.55. The van der Waals surface area contributed by atoms with Crippen LogP contribution in [0.4, 0.5) is 21.9 Å². The lowest BCUT2D eigenvalue weighted by Crippen LogP contribution is -2.17. The molecule has 0 spiro atoms. The number of nitro groups is 1. The van der Waals surface area contributed by atoms with Gasteiger partial charge in [0, 0.05) is 23.0 Å². The van der Waals surface area contributed by atoms with Gasteiger partial charge in [-0.25, -0.2) is 4.79 Å². The van der Waals surface area contributed by atoms with Crippen molar-refractivity contribution in [3.8, 4) is 5.75 Å². The molecule has 2 aromatic carbocycles. The number of benzene rings is 2. The first-order valence-corrected chi connectivity index (χ1v) is 8.47. The van der Waals surface area contributed by atoms with Crippen LogP contribution in [0.25, 0.3) is 0 Å². The summed E-state index contributed by atoms with van der Waals surface area (Å²) in [6, 6.07) is 10.4. The Kier molecular flexibility index (Phi) is 6.91. The van der Waals surface area contributed by atoms with Gasteiger partial charge in [0.25, 0.3) is 5.91 Å². The van der Waals surface area contributed by atoms with Crippen LogP contribution in [0.5, 0.6) is 5.75 Å². The smallest absolute Gasteiger partial charge is 0.411 e. The van der Waals surface area contributed by atoms with E-state index in [0.29, 0.717) is 18.0 Å². The zero-order valence-corrected chi connectivity index (χ0v) is 15.7. The molecule has 2 aromatic rings. The van der Waals surface area contributed by atoms with E-state index in [1.807, 2.05) is 13.8 Å². The van der Waals surface area contributed by atoms with Crippen LogP contribution in [-0.2, 0) is 4.74 Å². The lowest BCUT2D eigenvalue weighted by molar-refractivity contribution is -0.385. The minimum absolute atomic E-state index is 0.0626. The molecular weight excluding hydrogens is 366 g/mol. The Bertz CT molecular complexity index is 882. The van der Waals surface area contributed by atoms with Gasteiger partial charge in [-0.3, -0.25) is 20.2 Å². The van der Waals surface area contributed by atoms with Gasteiger partial charge in [-0.15, -0.1) is 0 Å². The minimum Gasteiger partial charge on any atom is -0.490 e. The summed E-state index contributed by atoms with van der Waals surface area (Å²) in [7, 11) is 1.31. The largest absolute Gasteiger partial charge is 0.490 e. The number of methoxy groups -OCH3 is 1. The number of hydrogen-bond acceptors (Lipinski definition) is 6. The number of carbonyl (C=O) groups excluding carboxylic acids is 2. The predicted octanol–water partition coefficient (Wildman–Crippen LogP) is 4.06. The topological polar surface area (TPSA) is 120 Å². The van der Waals surface area contributed by atoms with E-state index >= 15 is 0 Å². The SMILES string of the molecule is COc1ccc(C(=O)Nc2cccc(NC(=O)OCC(C)C)c2)cc1[N+](=O)[O-]. The fraction of sp³-hybridized carbons (Fsp3) is 0.263. The molecule has 0 aliphatic heterocycles. The van der Waals surface area contributed by atoms with E-state index in [2.05, 4.69) is 10.6 Å². The summed E-state index contributed by atoms with van der Waals surface area (Å²) in [4.78, 5) is 34.6. The maximum Gasteiger partial charge on any atom is 0.411 e. The molecule has 0 heterocycles. The van der Waals surface area contributed by atoms with Crippen molar-refractivity contribution < 1.29 is 24.0 Å². The van der Waals surface area contributed by atoms with E-state index in [0.717, 1.165) is 6.07 Å². The molecule has 0 atom stereocenters. The minimum atomic E-state index is -0.622. The third kappa shape index (κ3) is 5.70. The quantitative estimate of drug-likeness (QED) is 0.546. The molecule has 2 rings (SSSR count). The maximum atomic E-state index is 12.4. The number of nitrogens with one attached hydrogen (secondary N) is 2. The van der Waals surface area contributed by atoms with Gasteiger partial charge < -0.3 is 14.8 Å². The summed E-state index contributed by atoms with van der Waals surface area (Å²) >= 11 is 0. The van der Waals surface area contributed by atoms with Crippen molar-refractivity contribution in [2.75, 3.05) is 24.4 Å². The number of rotatable bonds is 7. The van der Waals surface area contributed by atoms with Gasteiger partial charge in [-0.1, -0.05) is 19.9 Å². The van der Waals surface area contributed by atoms with Crippen LogP contribution in [0.3, 0.4) is 0 Å². The van der Waals surface area contributed by atoms with Gasteiger partial charge >= 0.3 is 11.8 Å². The van der Waals surface area contributed by atoms with Crippen LogP contribution in [0.2, 0.25) is 0 Å². The molecule has 0 saturated heterocycles. The van der Waals surface area contributed by atoms with E-state index in [1.54, 1.807) is 24.3 Å². The van der Waals surface area contributed by atoms with Crippen molar-refractivity contribution in [1.29, 1.82) is 0 Å². The van der Waals surface area contributed by atoms with Crippen LogP contribution in [0.15, 0.2) is 42.5 Å². The van der Waals surface area contributed by atoms with Crippen molar-refractivity contribution >= 4 is 29.1 Å². The van der Waals surface area contributed by atoms with Crippen molar-refractivity contribution in [2.24, 2.45) is 5.92 Å². The molecule has 0 aliphatic rings.